The summed E-state index contributed by atoms with van der Waals surface area (Å²) in [6, 6.07) is 5.86. The minimum Gasteiger partial charge on any atom is -0.483 e. The molecule has 2 saturated carbocycles. The molecule has 14 heteroatoms. The first-order chi connectivity index (χ1) is 25.7. The number of benzene rings is 1. The topological polar surface area (TPSA) is 173 Å². The zero-order chi connectivity index (χ0) is 38.5. The minimum atomic E-state index is -3.99. The molecule has 0 radical (unpaired) electrons. The van der Waals surface area contributed by atoms with Gasteiger partial charge >= 0.3 is 6.09 Å². The Morgan fingerprint density at radius 2 is 1.87 bits per heavy atom. The van der Waals surface area contributed by atoms with Crippen molar-refractivity contribution >= 4 is 44.7 Å². The highest BCUT2D eigenvalue weighted by atomic mass is 32.2. The minimum absolute atomic E-state index is 0.0735. The average Bonchev–Trinajstić information content (AvgIpc) is 3.79. The summed E-state index contributed by atoms with van der Waals surface area (Å²) in [6.07, 6.45) is 9.53. The molecule has 2 aromatic rings. The van der Waals surface area contributed by atoms with Crippen LogP contribution < -0.4 is 20.1 Å². The van der Waals surface area contributed by atoms with Crippen LogP contribution in [0.15, 0.2) is 36.4 Å². The molecule has 3 aliphatic heterocycles. The maximum Gasteiger partial charge on any atom is 0.407 e. The van der Waals surface area contributed by atoms with Crippen molar-refractivity contribution in [3.05, 3.63) is 47.7 Å². The van der Waals surface area contributed by atoms with Crippen molar-refractivity contribution in [2.24, 2.45) is 11.8 Å². The molecule has 292 valence electrons. The van der Waals surface area contributed by atoms with Gasteiger partial charge in [-0.25, -0.2) is 18.2 Å². The second-order valence-corrected chi connectivity index (χ2v) is 18.9. The molecule has 1 aromatic heterocycles. The zero-order valence-electron chi connectivity index (χ0n) is 31.7. The Morgan fingerprint density at radius 1 is 1.09 bits per heavy atom. The Morgan fingerprint density at radius 3 is 2.59 bits per heavy atom. The highest BCUT2D eigenvalue weighted by Crippen LogP contribution is 2.47. The van der Waals surface area contributed by atoms with Crippen molar-refractivity contribution in [3.8, 4) is 5.75 Å². The number of alkyl carbamates (subject to hydrolysis) is 1. The van der Waals surface area contributed by atoms with Gasteiger partial charge in [-0.2, -0.15) is 0 Å². The van der Waals surface area contributed by atoms with Gasteiger partial charge in [0.15, 0.2) is 0 Å². The molecular formula is C40H53N5O8S. The van der Waals surface area contributed by atoms with E-state index < -0.39 is 67.7 Å². The number of sulfonamides is 1. The van der Waals surface area contributed by atoms with Crippen LogP contribution in [0.3, 0.4) is 0 Å². The summed E-state index contributed by atoms with van der Waals surface area (Å²) in [7, 11) is -3.99. The lowest BCUT2D eigenvalue weighted by molar-refractivity contribution is -0.144. The van der Waals surface area contributed by atoms with Crippen LogP contribution in [0, 0.1) is 18.8 Å². The summed E-state index contributed by atoms with van der Waals surface area (Å²) in [5.74, 6) is -1.45. The fourth-order valence-corrected chi connectivity index (χ4v) is 9.75. The molecule has 4 amide bonds. The van der Waals surface area contributed by atoms with Gasteiger partial charge in [0.05, 0.1) is 29.1 Å². The predicted molar refractivity (Wildman–Crippen MR) is 202 cm³/mol. The fraction of sp³-hybridized carbons (Fsp3) is 0.625. The van der Waals surface area contributed by atoms with Crippen molar-refractivity contribution in [1.82, 2.24) is 25.2 Å². The number of carbonyl (C=O) groups is 4. The van der Waals surface area contributed by atoms with E-state index >= 15 is 0 Å². The van der Waals surface area contributed by atoms with Crippen LogP contribution in [0.5, 0.6) is 5.75 Å². The Balaban J connectivity index is 1.24. The van der Waals surface area contributed by atoms with Crippen LogP contribution in [0.2, 0.25) is 0 Å². The van der Waals surface area contributed by atoms with E-state index in [1.54, 1.807) is 6.92 Å². The van der Waals surface area contributed by atoms with Crippen LogP contribution in [0.25, 0.3) is 10.9 Å². The van der Waals surface area contributed by atoms with Crippen molar-refractivity contribution in [3.63, 3.8) is 0 Å². The van der Waals surface area contributed by atoms with E-state index in [-0.39, 0.29) is 31.9 Å². The quantitative estimate of drug-likeness (QED) is 0.352. The normalized spacial score (nSPS) is 29.4. The van der Waals surface area contributed by atoms with Crippen LogP contribution in [0.4, 0.5) is 4.79 Å². The average molecular weight is 764 g/mol. The smallest absolute Gasteiger partial charge is 0.407 e. The molecule has 3 N–H and O–H groups in total. The molecular weight excluding hydrogens is 711 g/mol. The first kappa shape index (κ1) is 38.1. The lowest BCUT2D eigenvalue weighted by Gasteiger charge is -2.48. The van der Waals surface area contributed by atoms with E-state index in [9.17, 15) is 27.6 Å². The number of aromatic nitrogens is 1. The van der Waals surface area contributed by atoms with Gasteiger partial charge < -0.3 is 25.0 Å². The number of hydrogen-bond acceptors (Lipinski definition) is 9. The molecule has 13 nitrogen and oxygen atoms in total. The monoisotopic (exact) mass is 763 g/mol. The van der Waals surface area contributed by atoms with E-state index in [1.165, 1.54) is 4.90 Å². The number of nitrogens with zero attached hydrogens (tertiary/aromatic N) is 2. The number of hydrogen-bond donors (Lipinski definition) is 3. The largest absolute Gasteiger partial charge is 0.483 e. The number of pyridine rings is 1. The molecule has 5 aliphatic rings. The number of nitrogens with one attached hydrogen (secondary N) is 3. The van der Waals surface area contributed by atoms with Crippen LogP contribution in [-0.4, -0.2) is 83.2 Å². The van der Waals surface area contributed by atoms with Gasteiger partial charge in [0.25, 0.3) is 5.91 Å². The molecule has 5 unspecified atom stereocenters. The Hall–Kier alpha value is -4.20. The van der Waals surface area contributed by atoms with E-state index in [4.69, 9.17) is 14.5 Å². The lowest BCUT2D eigenvalue weighted by Crippen LogP contribution is -2.70. The summed E-state index contributed by atoms with van der Waals surface area (Å²) in [5.41, 5.74) is 0.133. The van der Waals surface area contributed by atoms with Crippen LogP contribution in [-0.2, 0) is 35.6 Å². The van der Waals surface area contributed by atoms with E-state index in [0.717, 1.165) is 29.3 Å². The third kappa shape index (κ3) is 7.17. The second-order valence-electron chi connectivity index (χ2n) is 16.7. The molecule has 1 saturated heterocycles. The van der Waals surface area contributed by atoms with Gasteiger partial charge in [0, 0.05) is 23.3 Å². The summed E-state index contributed by atoms with van der Waals surface area (Å²) in [5, 5.41) is 6.80. The third-order valence-electron chi connectivity index (χ3n) is 12.2. The lowest BCUT2D eigenvalue weighted by atomic mass is 9.65. The van der Waals surface area contributed by atoms with Crippen molar-refractivity contribution < 1.29 is 37.1 Å². The first-order valence-electron chi connectivity index (χ1n) is 19.5. The molecule has 4 heterocycles. The number of carbonyl (C=O) groups excluding carboxylic acids is 4. The standard InChI is InChI=1S/C40H53N5O8S/c1-25(2)23-52-37(49)42-31-15-9-7-5-6-8-12-27-16-19-40(27,36(48)44-54(50,51)38(4)20-21-38)43-34(46)32-22-39(24-45(32)35(31)47)18-17-29-28-13-10-11-14-30(28)41-26(3)33(29)53-39/h8,10-14,25,27,31-32H,5-7,9,15-24H2,1-4H3,(H,42,49)(H,43,46)(H,44,48). The van der Waals surface area contributed by atoms with Crippen molar-refractivity contribution in [2.75, 3.05) is 13.2 Å². The van der Waals surface area contributed by atoms with Gasteiger partial charge in [0.1, 0.15) is 29.0 Å². The molecule has 1 spiro atoms. The molecule has 54 heavy (non-hydrogen) atoms. The molecule has 7 rings (SSSR count). The Kier molecular flexibility index (Phi) is 10.2. The number of allylic oxidation sites excluding steroid dienone is 1. The van der Waals surface area contributed by atoms with Gasteiger partial charge in [-0.3, -0.25) is 19.1 Å². The maximum absolute atomic E-state index is 14.7. The van der Waals surface area contributed by atoms with Gasteiger partial charge in [-0.05, 0) is 83.6 Å². The number of amides is 4. The van der Waals surface area contributed by atoms with E-state index in [1.807, 2.05) is 57.2 Å². The van der Waals surface area contributed by atoms with E-state index in [0.29, 0.717) is 62.8 Å². The molecule has 2 aliphatic carbocycles. The molecule has 0 bridgehead atoms. The van der Waals surface area contributed by atoms with Gasteiger partial charge in [-0.1, -0.05) is 57.0 Å². The highest BCUT2D eigenvalue weighted by Gasteiger charge is 2.59. The molecule has 5 atom stereocenters. The summed E-state index contributed by atoms with van der Waals surface area (Å²) < 4.78 is 40.2. The SMILES string of the molecule is Cc1nc2ccccc2c2c1OC1(CC2)CC2C(=O)NC3(C(=O)NS(=O)(=O)C4(C)CC4)CCC3C=CCCCCCC(NC(=O)OCC(C)C)C(=O)N2C1. The van der Waals surface area contributed by atoms with Gasteiger partial charge in [0.2, 0.25) is 21.8 Å². The number of ether oxygens (including phenoxy) is 2. The predicted octanol–water partition coefficient (Wildman–Crippen LogP) is 4.74. The van der Waals surface area contributed by atoms with E-state index in [2.05, 4.69) is 15.4 Å². The number of para-hydroxylation sites is 1. The number of fused-ring (bicyclic) bond motifs is 5. The highest BCUT2D eigenvalue weighted by molar-refractivity contribution is 7.91. The zero-order valence-corrected chi connectivity index (χ0v) is 32.6. The molecule has 1 aromatic carbocycles. The Labute approximate surface area is 317 Å². The summed E-state index contributed by atoms with van der Waals surface area (Å²) >= 11 is 0. The van der Waals surface area contributed by atoms with Gasteiger partial charge in [-0.15, -0.1) is 0 Å². The second kappa shape index (κ2) is 14.5. The summed E-state index contributed by atoms with van der Waals surface area (Å²) in [4.78, 5) is 62.8. The summed E-state index contributed by atoms with van der Waals surface area (Å²) in [6.45, 7) is 7.61. The van der Waals surface area contributed by atoms with Crippen LogP contribution in [0.1, 0.15) is 103 Å². The van der Waals surface area contributed by atoms with Crippen molar-refractivity contribution in [1.29, 1.82) is 0 Å². The number of aryl methyl sites for hydroxylation is 2. The first-order valence-corrected chi connectivity index (χ1v) is 21.0. The van der Waals surface area contributed by atoms with Crippen LogP contribution >= 0.6 is 0 Å². The number of rotatable bonds is 6. The van der Waals surface area contributed by atoms with Crippen molar-refractivity contribution in [2.45, 2.75) is 133 Å². The third-order valence-corrected chi connectivity index (χ3v) is 14.3. The molecule has 3 fully saturated rings. The maximum atomic E-state index is 14.7. The fourth-order valence-electron chi connectivity index (χ4n) is 8.44. The Bertz CT molecular complexity index is 1980.